The highest BCUT2D eigenvalue weighted by Crippen LogP contribution is 2.37. The minimum absolute atomic E-state index is 0.543. The molecule has 0 aliphatic heterocycles. The van der Waals surface area contributed by atoms with Crippen LogP contribution in [-0.4, -0.2) is 0 Å². The van der Waals surface area contributed by atoms with Crippen molar-refractivity contribution in [2.24, 2.45) is 5.73 Å². The summed E-state index contributed by atoms with van der Waals surface area (Å²) in [6.07, 6.45) is 4.86. The smallest absolute Gasteiger partial charge is 0.0652 e. The van der Waals surface area contributed by atoms with Crippen molar-refractivity contribution in [3.8, 4) is 0 Å². The van der Waals surface area contributed by atoms with Crippen LogP contribution in [0, 0.1) is 0 Å². The molecule has 2 aromatic carbocycles. The third-order valence-corrected chi connectivity index (χ3v) is 5.28. The normalized spacial score (nSPS) is 17.1. The van der Waals surface area contributed by atoms with Gasteiger partial charge in [-0.05, 0) is 60.9 Å². The van der Waals surface area contributed by atoms with Crippen molar-refractivity contribution in [1.29, 1.82) is 0 Å². The monoisotopic (exact) mass is 319 g/mol. The van der Waals surface area contributed by atoms with Gasteiger partial charge in [-0.25, -0.2) is 0 Å². The summed E-state index contributed by atoms with van der Waals surface area (Å²) in [5.41, 5.74) is 10.8. The summed E-state index contributed by atoms with van der Waals surface area (Å²) in [4.78, 5) is 0. The van der Waals surface area contributed by atoms with Gasteiger partial charge in [0.15, 0.2) is 0 Å². The van der Waals surface area contributed by atoms with Gasteiger partial charge in [0.05, 0.1) is 15.6 Å². The second-order valence-corrected chi connectivity index (χ2v) is 6.78. The Morgan fingerprint density at radius 3 is 2.48 bits per heavy atom. The molecule has 1 nitrogen and oxygen atoms in total. The van der Waals surface area contributed by atoms with E-state index in [4.69, 9.17) is 28.9 Å². The molecule has 0 radical (unpaired) electrons. The maximum Gasteiger partial charge on any atom is 0.0652 e. The molecule has 0 aromatic heterocycles. The first-order valence-corrected chi connectivity index (χ1v) is 8.11. The highest BCUT2D eigenvalue weighted by atomic mass is 35.5. The van der Waals surface area contributed by atoms with Crippen LogP contribution >= 0.6 is 23.2 Å². The molecular weight excluding hydrogens is 301 g/mol. The molecule has 0 fully saturated rings. The second-order valence-electron chi connectivity index (χ2n) is 5.99. The van der Waals surface area contributed by atoms with E-state index in [0.717, 1.165) is 17.5 Å². The highest BCUT2D eigenvalue weighted by Gasteiger charge is 2.28. The molecule has 3 heteroatoms. The molecule has 1 unspecified atom stereocenters. The van der Waals surface area contributed by atoms with E-state index in [1.807, 2.05) is 19.1 Å². The zero-order chi connectivity index (χ0) is 15.0. The Bertz CT molecular complexity index is 677. The summed E-state index contributed by atoms with van der Waals surface area (Å²) >= 11 is 12.5. The fraction of sp³-hybridized carbons (Fsp3) is 0.333. The van der Waals surface area contributed by atoms with Gasteiger partial charge in [-0.2, -0.15) is 0 Å². The van der Waals surface area contributed by atoms with Crippen molar-refractivity contribution in [1.82, 2.24) is 0 Å². The van der Waals surface area contributed by atoms with Gasteiger partial charge in [0.1, 0.15) is 0 Å². The first-order valence-electron chi connectivity index (χ1n) is 7.36. The third-order valence-electron chi connectivity index (χ3n) is 4.46. The summed E-state index contributed by atoms with van der Waals surface area (Å²) in [6, 6.07) is 12.2. The molecular formula is C18H19Cl2N. The topological polar surface area (TPSA) is 26.0 Å². The van der Waals surface area contributed by atoms with E-state index in [1.54, 1.807) is 6.07 Å². The first-order chi connectivity index (χ1) is 10.00. The Balaban J connectivity index is 2.07. The molecule has 0 heterocycles. The van der Waals surface area contributed by atoms with E-state index in [1.165, 1.54) is 30.4 Å². The second kappa shape index (κ2) is 5.64. The van der Waals surface area contributed by atoms with Crippen LogP contribution in [0.5, 0.6) is 0 Å². The molecule has 3 rings (SSSR count). The summed E-state index contributed by atoms with van der Waals surface area (Å²) in [5.74, 6) is 0. The number of hydrogen-bond acceptors (Lipinski definition) is 1. The van der Waals surface area contributed by atoms with Crippen molar-refractivity contribution in [3.63, 3.8) is 0 Å². The van der Waals surface area contributed by atoms with E-state index < -0.39 is 5.54 Å². The largest absolute Gasteiger partial charge is 0.318 e. The number of hydrogen-bond donors (Lipinski definition) is 1. The van der Waals surface area contributed by atoms with Crippen molar-refractivity contribution in [2.45, 2.75) is 38.1 Å². The van der Waals surface area contributed by atoms with Gasteiger partial charge in [-0.15, -0.1) is 0 Å². The average Bonchev–Trinajstić information content (AvgIpc) is 2.49. The molecule has 0 bridgehead atoms. The van der Waals surface area contributed by atoms with Gasteiger partial charge >= 0.3 is 0 Å². The lowest BCUT2D eigenvalue weighted by atomic mass is 9.82. The van der Waals surface area contributed by atoms with E-state index >= 15 is 0 Å². The SMILES string of the molecule is CC(N)(c1ccc2c(c1)CCCC2)c1cccc(Cl)c1Cl. The van der Waals surface area contributed by atoms with E-state index in [-0.39, 0.29) is 0 Å². The molecule has 0 amide bonds. The predicted molar refractivity (Wildman–Crippen MR) is 90.2 cm³/mol. The summed E-state index contributed by atoms with van der Waals surface area (Å²) in [6.45, 7) is 2.00. The van der Waals surface area contributed by atoms with Gasteiger partial charge in [-0.1, -0.05) is 53.5 Å². The van der Waals surface area contributed by atoms with Gasteiger partial charge in [-0.3, -0.25) is 0 Å². The quantitative estimate of drug-likeness (QED) is 0.819. The summed E-state index contributed by atoms with van der Waals surface area (Å²) in [7, 11) is 0. The van der Waals surface area contributed by atoms with Gasteiger partial charge in [0.2, 0.25) is 0 Å². The lowest BCUT2D eigenvalue weighted by Crippen LogP contribution is -2.35. The minimum Gasteiger partial charge on any atom is -0.318 e. The maximum absolute atomic E-state index is 6.62. The number of halogens is 2. The fourth-order valence-electron chi connectivity index (χ4n) is 3.12. The lowest BCUT2D eigenvalue weighted by molar-refractivity contribution is 0.598. The Morgan fingerprint density at radius 1 is 1.00 bits per heavy atom. The van der Waals surface area contributed by atoms with Crippen LogP contribution in [0.1, 0.15) is 42.0 Å². The van der Waals surface area contributed by atoms with E-state index in [2.05, 4.69) is 18.2 Å². The van der Waals surface area contributed by atoms with Crippen LogP contribution in [0.3, 0.4) is 0 Å². The van der Waals surface area contributed by atoms with Crippen LogP contribution in [0.2, 0.25) is 10.0 Å². The first kappa shape index (κ1) is 14.9. The molecule has 1 aliphatic carbocycles. The number of nitrogens with two attached hydrogens (primary N) is 1. The molecule has 0 spiro atoms. The predicted octanol–water partition coefficient (Wildman–Crippen LogP) is 5.09. The molecule has 0 saturated carbocycles. The van der Waals surface area contributed by atoms with Crippen molar-refractivity contribution in [2.75, 3.05) is 0 Å². The average molecular weight is 320 g/mol. The third kappa shape index (κ3) is 2.70. The van der Waals surface area contributed by atoms with E-state index in [0.29, 0.717) is 10.0 Å². The lowest BCUT2D eigenvalue weighted by Gasteiger charge is -2.29. The number of rotatable bonds is 2. The van der Waals surface area contributed by atoms with Crippen LogP contribution in [0.4, 0.5) is 0 Å². The molecule has 0 saturated heterocycles. The van der Waals surface area contributed by atoms with Crippen LogP contribution in [0.25, 0.3) is 0 Å². The molecule has 110 valence electrons. The Kier molecular flexibility index (Phi) is 4.00. The zero-order valence-electron chi connectivity index (χ0n) is 12.1. The number of benzene rings is 2. The molecule has 2 N–H and O–H groups in total. The van der Waals surface area contributed by atoms with Crippen LogP contribution < -0.4 is 5.73 Å². The molecule has 1 aliphatic rings. The standard InChI is InChI=1S/C18H19Cl2N/c1-18(21,15-7-4-8-16(19)17(15)20)14-10-9-12-5-2-3-6-13(12)11-14/h4,7-11H,2-3,5-6,21H2,1H3. The van der Waals surface area contributed by atoms with Gasteiger partial charge in [0.25, 0.3) is 0 Å². The summed E-state index contributed by atoms with van der Waals surface area (Å²) < 4.78 is 0. The number of fused-ring (bicyclic) bond motifs is 1. The number of aryl methyl sites for hydroxylation is 2. The van der Waals surface area contributed by atoms with Crippen molar-refractivity contribution < 1.29 is 0 Å². The summed E-state index contributed by atoms with van der Waals surface area (Å²) in [5, 5.41) is 1.09. The van der Waals surface area contributed by atoms with Crippen molar-refractivity contribution >= 4 is 23.2 Å². The molecule has 2 aromatic rings. The van der Waals surface area contributed by atoms with Crippen LogP contribution in [-0.2, 0) is 18.4 Å². The fourth-order valence-corrected chi connectivity index (χ4v) is 3.61. The Morgan fingerprint density at radius 2 is 1.71 bits per heavy atom. The Labute approximate surface area is 136 Å². The minimum atomic E-state index is -0.644. The Hall–Kier alpha value is -1.02. The highest BCUT2D eigenvalue weighted by molar-refractivity contribution is 6.42. The van der Waals surface area contributed by atoms with E-state index in [9.17, 15) is 0 Å². The maximum atomic E-state index is 6.62. The van der Waals surface area contributed by atoms with Gasteiger partial charge < -0.3 is 5.73 Å². The van der Waals surface area contributed by atoms with Gasteiger partial charge in [0, 0.05) is 0 Å². The van der Waals surface area contributed by atoms with Crippen molar-refractivity contribution in [3.05, 3.63) is 68.7 Å². The van der Waals surface area contributed by atoms with Crippen LogP contribution in [0.15, 0.2) is 36.4 Å². The molecule has 1 atom stereocenters. The molecule has 21 heavy (non-hydrogen) atoms. The zero-order valence-corrected chi connectivity index (χ0v) is 13.6.